The molecule has 0 aliphatic carbocycles. The molecule has 6 aromatic rings. The summed E-state index contributed by atoms with van der Waals surface area (Å²) in [4.78, 5) is 30.5. The Kier molecular flexibility index (Phi) is 8.79. The van der Waals surface area contributed by atoms with Crippen LogP contribution in [0.3, 0.4) is 0 Å². The molecule has 0 fully saturated rings. The van der Waals surface area contributed by atoms with Crippen LogP contribution in [0, 0.1) is 0 Å². The van der Waals surface area contributed by atoms with Gasteiger partial charge in [0.1, 0.15) is 11.5 Å². The molecule has 0 saturated carbocycles. The van der Waals surface area contributed by atoms with Gasteiger partial charge in [0.05, 0.1) is 0 Å². The lowest BCUT2D eigenvalue weighted by Crippen LogP contribution is -2.44. The SMILES string of the molecule is O=C(COc1ccc2ccccc2c1)N(CCN(C(=O)COc1ccc2ccccc2c1)c1ccccc1)c1ccccc1. The van der Waals surface area contributed by atoms with Gasteiger partial charge in [0.25, 0.3) is 11.8 Å². The van der Waals surface area contributed by atoms with Gasteiger partial charge in [0.15, 0.2) is 13.2 Å². The number of carbonyl (C=O) groups is 2. The predicted molar refractivity (Wildman–Crippen MR) is 176 cm³/mol. The lowest BCUT2D eigenvalue weighted by Gasteiger charge is -2.28. The number of benzene rings is 6. The number of fused-ring (bicyclic) bond motifs is 2. The summed E-state index contributed by atoms with van der Waals surface area (Å²) in [5, 5.41) is 4.29. The topological polar surface area (TPSA) is 59.1 Å². The normalized spacial score (nSPS) is 10.8. The minimum Gasteiger partial charge on any atom is -0.484 e. The smallest absolute Gasteiger partial charge is 0.264 e. The Morgan fingerprint density at radius 1 is 0.432 bits per heavy atom. The molecular formula is C38H32N2O4. The number of amides is 2. The van der Waals surface area contributed by atoms with E-state index in [1.54, 1.807) is 9.80 Å². The van der Waals surface area contributed by atoms with Crippen molar-refractivity contribution in [2.24, 2.45) is 0 Å². The first-order valence-corrected chi connectivity index (χ1v) is 14.6. The van der Waals surface area contributed by atoms with Gasteiger partial charge in [-0.05, 0) is 70.1 Å². The summed E-state index contributed by atoms with van der Waals surface area (Å²) >= 11 is 0. The Bertz CT molecular complexity index is 1740. The highest BCUT2D eigenvalue weighted by molar-refractivity contribution is 5.97. The van der Waals surface area contributed by atoms with Crippen LogP contribution in [0.25, 0.3) is 21.5 Å². The van der Waals surface area contributed by atoms with Gasteiger partial charge in [-0.1, -0.05) is 97.1 Å². The van der Waals surface area contributed by atoms with Crippen molar-refractivity contribution in [2.45, 2.75) is 0 Å². The first-order valence-electron chi connectivity index (χ1n) is 14.6. The second-order valence-electron chi connectivity index (χ2n) is 10.4. The molecule has 0 aliphatic heterocycles. The number of anilines is 2. The zero-order chi connectivity index (χ0) is 30.1. The molecule has 0 radical (unpaired) electrons. The zero-order valence-corrected chi connectivity index (χ0v) is 24.2. The van der Waals surface area contributed by atoms with Gasteiger partial charge in [-0.2, -0.15) is 0 Å². The average molecular weight is 581 g/mol. The molecule has 6 nitrogen and oxygen atoms in total. The van der Waals surface area contributed by atoms with Crippen molar-refractivity contribution in [1.82, 2.24) is 0 Å². The molecule has 0 unspecified atom stereocenters. The molecule has 0 aromatic heterocycles. The summed E-state index contributed by atoms with van der Waals surface area (Å²) in [5.74, 6) is 0.823. The lowest BCUT2D eigenvalue weighted by molar-refractivity contribution is -0.122. The predicted octanol–water partition coefficient (Wildman–Crippen LogP) is 7.52. The number of para-hydroxylation sites is 2. The molecule has 0 spiro atoms. The van der Waals surface area contributed by atoms with E-state index in [0.29, 0.717) is 11.5 Å². The van der Waals surface area contributed by atoms with Gasteiger partial charge >= 0.3 is 0 Å². The number of ether oxygens (including phenoxy) is 2. The molecule has 0 N–H and O–H groups in total. The first-order chi connectivity index (χ1) is 21.6. The lowest BCUT2D eigenvalue weighted by atomic mass is 10.1. The van der Waals surface area contributed by atoms with Crippen molar-refractivity contribution in [2.75, 3.05) is 36.1 Å². The maximum absolute atomic E-state index is 13.6. The van der Waals surface area contributed by atoms with Crippen LogP contribution in [0.1, 0.15) is 0 Å². The van der Waals surface area contributed by atoms with Crippen LogP contribution in [0.5, 0.6) is 11.5 Å². The zero-order valence-electron chi connectivity index (χ0n) is 24.2. The van der Waals surface area contributed by atoms with E-state index in [-0.39, 0.29) is 38.1 Å². The molecule has 6 rings (SSSR count). The minimum absolute atomic E-state index is 0.141. The molecule has 2 amide bonds. The van der Waals surface area contributed by atoms with Gasteiger partial charge < -0.3 is 19.3 Å². The number of carbonyl (C=O) groups excluding carboxylic acids is 2. The summed E-state index contributed by atoms with van der Waals surface area (Å²) in [5.41, 5.74) is 1.46. The highest BCUT2D eigenvalue weighted by Gasteiger charge is 2.22. The third-order valence-electron chi connectivity index (χ3n) is 7.45. The summed E-state index contributed by atoms with van der Waals surface area (Å²) in [6.45, 7) is 0.246. The van der Waals surface area contributed by atoms with Crippen LogP contribution in [0.15, 0.2) is 146 Å². The first kappa shape index (κ1) is 28.5. The van der Waals surface area contributed by atoms with Crippen LogP contribution in [-0.4, -0.2) is 38.1 Å². The van der Waals surface area contributed by atoms with Gasteiger partial charge in [-0.3, -0.25) is 9.59 Å². The maximum Gasteiger partial charge on any atom is 0.264 e. The molecule has 218 valence electrons. The Labute approximate surface area is 256 Å². The summed E-state index contributed by atoms with van der Waals surface area (Å²) < 4.78 is 11.9. The van der Waals surface area contributed by atoms with Crippen molar-refractivity contribution < 1.29 is 19.1 Å². The van der Waals surface area contributed by atoms with Gasteiger partial charge in [0, 0.05) is 24.5 Å². The van der Waals surface area contributed by atoms with Crippen molar-refractivity contribution in [1.29, 1.82) is 0 Å². The third kappa shape index (κ3) is 6.88. The monoisotopic (exact) mass is 580 g/mol. The standard InChI is InChI=1S/C38H32N2O4/c41-37(27-43-35-21-19-29-11-7-9-13-31(29)25-35)39(33-15-3-1-4-16-33)23-24-40(34-17-5-2-6-18-34)38(42)28-44-36-22-20-30-12-8-10-14-32(30)26-36/h1-22,25-26H,23-24,27-28H2. The van der Waals surface area contributed by atoms with Crippen molar-refractivity contribution >= 4 is 44.7 Å². The third-order valence-corrected chi connectivity index (χ3v) is 7.45. The molecule has 44 heavy (non-hydrogen) atoms. The Morgan fingerprint density at radius 2 is 0.795 bits per heavy atom. The highest BCUT2D eigenvalue weighted by atomic mass is 16.5. The van der Waals surface area contributed by atoms with E-state index in [1.165, 1.54) is 0 Å². The molecule has 6 heteroatoms. The maximum atomic E-state index is 13.6. The van der Waals surface area contributed by atoms with Crippen molar-refractivity contribution in [3.05, 3.63) is 146 Å². The van der Waals surface area contributed by atoms with E-state index < -0.39 is 0 Å². The summed E-state index contributed by atoms with van der Waals surface area (Å²) in [7, 11) is 0. The molecule has 0 bridgehead atoms. The van der Waals surface area contributed by atoms with Crippen LogP contribution in [-0.2, 0) is 9.59 Å². The van der Waals surface area contributed by atoms with E-state index in [2.05, 4.69) is 0 Å². The van der Waals surface area contributed by atoms with Crippen molar-refractivity contribution in [3.63, 3.8) is 0 Å². The fourth-order valence-electron chi connectivity index (χ4n) is 5.17. The van der Waals surface area contributed by atoms with E-state index in [9.17, 15) is 9.59 Å². The molecule has 6 aromatic carbocycles. The quantitative estimate of drug-likeness (QED) is 0.159. The fourth-order valence-corrected chi connectivity index (χ4v) is 5.17. The highest BCUT2D eigenvalue weighted by Crippen LogP contribution is 2.23. The van der Waals surface area contributed by atoms with Crippen LogP contribution < -0.4 is 19.3 Å². The Hall–Kier alpha value is -5.62. The summed E-state index contributed by atoms with van der Waals surface area (Å²) in [6, 6.07) is 46.5. The van der Waals surface area contributed by atoms with E-state index in [0.717, 1.165) is 32.9 Å². The number of rotatable bonds is 11. The van der Waals surface area contributed by atoms with Gasteiger partial charge in [-0.15, -0.1) is 0 Å². The van der Waals surface area contributed by atoms with Crippen LogP contribution in [0.2, 0.25) is 0 Å². The number of hydrogen-bond donors (Lipinski definition) is 0. The van der Waals surface area contributed by atoms with Crippen molar-refractivity contribution in [3.8, 4) is 11.5 Å². The average Bonchev–Trinajstić information content (AvgIpc) is 3.08. The second kappa shape index (κ2) is 13.6. The Morgan fingerprint density at radius 3 is 1.20 bits per heavy atom. The van der Waals surface area contributed by atoms with E-state index in [1.807, 2.05) is 146 Å². The number of hydrogen-bond acceptors (Lipinski definition) is 4. The molecule has 0 aliphatic rings. The molecular weight excluding hydrogens is 548 g/mol. The van der Waals surface area contributed by atoms with Gasteiger partial charge in [-0.25, -0.2) is 0 Å². The van der Waals surface area contributed by atoms with E-state index >= 15 is 0 Å². The van der Waals surface area contributed by atoms with Crippen LogP contribution >= 0.6 is 0 Å². The van der Waals surface area contributed by atoms with E-state index in [4.69, 9.17) is 9.47 Å². The van der Waals surface area contributed by atoms with Crippen LogP contribution in [0.4, 0.5) is 11.4 Å². The largest absolute Gasteiger partial charge is 0.484 e. The molecule has 0 heterocycles. The summed E-state index contributed by atoms with van der Waals surface area (Å²) in [6.07, 6.45) is 0. The number of nitrogens with zero attached hydrogens (tertiary/aromatic N) is 2. The molecule has 0 atom stereocenters. The Balaban J connectivity index is 1.17. The minimum atomic E-state index is -0.211. The molecule has 0 saturated heterocycles. The van der Waals surface area contributed by atoms with Gasteiger partial charge in [0.2, 0.25) is 0 Å². The second-order valence-corrected chi connectivity index (χ2v) is 10.4. The fraction of sp³-hybridized carbons (Fsp3) is 0.105.